The van der Waals surface area contributed by atoms with Crippen LogP contribution in [0.3, 0.4) is 0 Å². The standard InChI is InChI=1S/C33H45N3O7.ClH/c1-5-8-17-36-30(38)28(29(37)23(6-2)7-3)34-32(41)33(36)15-18-35(19-16-33)21-22-9-11-24(12-10-22)43-25-13-14-26(31(39)40)27(20-25)42-4;/h9-14,20,23,28-29,37H,5-8,15-19,21H2,1-4H3,(H,34,41)(H,39,40);1H/t28-,29-;/m1./s1. The SMILES string of the molecule is CCCCN1C(=O)[C@@H]([C@H](O)C(CC)CC)NC(=O)C12CCN(Cc1ccc(Oc3ccc(C(=O)O)c(OC)c3)cc1)CC2.Cl. The summed E-state index contributed by atoms with van der Waals surface area (Å²) in [4.78, 5) is 42.8. The van der Waals surface area contributed by atoms with Gasteiger partial charge in [-0.05, 0) is 55.0 Å². The van der Waals surface area contributed by atoms with Crippen molar-refractivity contribution in [3.8, 4) is 17.2 Å². The van der Waals surface area contributed by atoms with Crippen LogP contribution in [0.5, 0.6) is 17.2 Å². The van der Waals surface area contributed by atoms with E-state index in [0.717, 1.165) is 31.2 Å². The van der Waals surface area contributed by atoms with Crippen LogP contribution in [0, 0.1) is 5.92 Å². The first-order valence-corrected chi connectivity index (χ1v) is 15.4. The fraction of sp³-hybridized carbons (Fsp3) is 0.545. The Morgan fingerprint density at radius 1 is 1.05 bits per heavy atom. The molecular weight excluding hydrogens is 586 g/mol. The minimum atomic E-state index is -1.07. The molecule has 2 fully saturated rings. The molecule has 11 heteroatoms. The third-order valence-electron chi connectivity index (χ3n) is 9.02. The number of rotatable bonds is 13. The van der Waals surface area contributed by atoms with E-state index in [1.54, 1.807) is 17.0 Å². The summed E-state index contributed by atoms with van der Waals surface area (Å²) in [5, 5.41) is 23.2. The molecule has 2 aliphatic heterocycles. The molecule has 2 aromatic carbocycles. The van der Waals surface area contributed by atoms with Crippen molar-refractivity contribution in [2.75, 3.05) is 26.7 Å². The maximum Gasteiger partial charge on any atom is 0.339 e. The molecule has 3 N–H and O–H groups in total. The number of likely N-dealkylation sites (tertiary alicyclic amines) is 1. The number of ether oxygens (including phenoxy) is 2. The number of unbranched alkanes of at least 4 members (excludes halogenated alkanes) is 1. The molecule has 0 bridgehead atoms. The first kappa shape index (κ1) is 35.1. The number of benzene rings is 2. The largest absolute Gasteiger partial charge is 0.496 e. The van der Waals surface area contributed by atoms with Crippen LogP contribution < -0.4 is 14.8 Å². The summed E-state index contributed by atoms with van der Waals surface area (Å²) >= 11 is 0. The Hall–Kier alpha value is -3.34. The number of carboxylic acid groups (broad SMARTS) is 1. The van der Waals surface area contributed by atoms with Crippen LogP contribution in [-0.2, 0) is 16.1 Å². The highest BCUT2D eigenvalue weighted by atomic mass is 35.5. The summed E-state index contributed by atoms with van der Waals surface area (Å²) in [6.45, 7) is 8.60. The predicted octanol–water partition coefficient (Wildman–Crippen LogP) is 4.87. The van der Waals surface area contributed by atoms with Crippen LogP contribution in [0.1, 0.15) is 75.2 Å². The number of piperidine rings is 1. The predicted molar refractivity (Wildman–Crippen MR) is 170 cm³/mol. The molecule has 0 saturated carbocycles. The molecule has 0 unspecified atom stereocenters. The van der Waals surface area contributed by atoms with Gasteiger partial charge in [0.1, 0.15) is 34.4 Å². The van der Waals surface area contributed by atoms with Crippen molar-refractivity contribution in [2.24, 2.45) is 5.92 Å². The number of piperazine rings is 1. The Kier molecular flexibility index (Phi) is 12.5. The van der Waals surface area contributed by atoms with Crippen LogP contribution in [-0.4, -0.2) is 82.2 Å². The van der Waals surface area contributed by atoms with Crippen LogP contribution in [0.4, 0.5) is 0 Å². The summed E-state index contributed by atoms with van der Waals surface area (Å²) in [6.07, 6.45) is 3.39. The first-order chi connectivity index (χ1) is 20.7. The van der Waals surface area contributed by atoms with Gasteiger partial charge in [0.2, 0.25) is 11.8 Å². The zero-order valence-electron chi connectivity index (χ0n) is 26.1. The number of methoxy groups -OCH3 is 1. The summed E-state index contributed by atoms with van der Waals surface area (Å²) in [7, 11) is 1.42. The lowest BCUT2D eigenvalue weighted by atomic mass is 9.79. The second-order valence-electron chi connectivity index (χ2n) is 11.6. The van der Waals surface area contributed by atoms with Crippen molar-refractivity contribution < 1.29 is 34.1 Å². The number of aliphatic hydroxyl groups excluding tert-OH is 1. The Morgan fingerprint density at radius 3 is 2.25 bits per heavy atom. The molecule has 0 aliphatic carbocycles. The number of aliphatic hydroxyl groups is 1. The molecule has 2 aromatic rings. The molecule has 2 amide bonds. The van der Waals surface area contributed by atoms with Crippen molar-refractivity contribution in [3.63, 3.8) is 0 Å². The molecule has 2 heterocycles. The molecule has 2 aliphatic rings. The van der Waals surface area contributed by atoms with E-state index >= 15 is 0 Å². The highest BCUT2D eigenvalue weighted by molar-refractivity contribution is 6.00. The zero-order chi connectivity index (χ0) is 31.1. The molecule has 44 heavy (non-hydrogen) atoms. The van der Waals surface area contributed by atoms with Crippen LogP contribution >= 0.6 is 12.4 Å². The molecule has 4 rings (SSSR count). The summed E-state index contributed by atoms with van der Waals surface area (Å²) in [5.41, 5.74) is 0.264. The number of amides is 2. The third kappa shape index (κ3) is 7.47. The molecular formula is C33H46ClN3O7. The molecule has 0 aromatic heterocycles. The van der Waals surface area contributed by atoms with Gasteiger partial charge in [-0.1, -0.05) is 52.2 Å². The topological polar surface area (TPSA) is 129 Å². The minimum absolute atomic E-state index is 0. The fourth-order valence-electron chi connectivity index (χ4n) is 6.30. The monoisotopic (exact) mass is 631 g/mol. The normalized spacial score (nSPS) is 19.0. The lowest BCUT2D eigenvalue weighted by Crippen LogP contribution is -2.75. The Bertz CT molecular complexity index is 1280. The van der Waals surface area contributed by atoms with Crippen molar-refractivity contribution in [1.29, 1.82) is 0 Å². The molecule has 2 saturated heterocycles. The molecule has 1 spiro atoms. The average molecular weight is 632 g/mol. The minimum Gasteiger partial charge on any atom is -0.496 e. The second-order valence-corrected chi connectivity index (χ2v) is 11.6. The van der Waals surface area contributed by atoms with Gasteiger partial charge in [0.15, 0.2) is 0 Å². The zero-order valence-corrected chi connectivity index (χ0v) is 26.9. The Morgan fingerprint density at radius 2 is 1.68 bits per heavy atom. The van der Waals surface area contributed by atoms with Gasteiger partial charge in [-0.25, -0.2) is 4.79 Å². The van der Waals surface area contributed by atoms with Crippen molar-refractivity contribution >= 4 is 30.2 Å². The van der Waals surface area contributed by atoms with E-state index < -0.39 is 23.7 Å². The van der Waals surface area contributed by atoms with E-state index in [1.807, 2.05) is 38.1 Å². The molecule has 10 nitrogen and oxygen atoms in total. The highest BCUT2D eigenvalue weighted by Crippen LogP contribution is 2.35. The Balaban J connectivity index is 0.00000529. The number of aromatic carboxylic acids is 1. The number of carbonyl (C=O) groups excluding carboxylic acids is 2. The summed E-state index contributed by atoms with van der Waals surface area (Å²) in [5.74, 6) is -0.113. The number of carbonyl (C=O) groups is 3. The van der Waals surface area contributed by atoms with Crippen molar-refractivity contribution in [1.82, 2.24) is 15.1 Å². The van der Waals surface area contributed by atoms with Gasteiger partial charge >= 0.3 is 5.97 Å². The van der Waals surface area contributed by atoms with E-state index in [4.69, 9.17) is 9.47 Å². The van der Waals surface area contributed by atoms with E-state index in [0.29, 0.717) is 50.5 Å². The van der Waals surface area contributed by atoms with Gasteiger partial charge < -0.3 is 29.9 Å². The third-order valence-corrected chi connectivity index (χ3v) is 9.02. The number of hydrogen-bond donors (Lipinski definition) is 3. The number of nitrogens with one attached hydrogen (secondary N) is 1. The van der Waals surface area contributed by atoms with Crippen LogP contribution in [0.2, 0.25) is 0 Å². The summed E-state index contributed by atoms with van der Waals surface area (Å²) < 4.78 is 11.1. The van der Waals surface area contributed by atoms with Gasteiger partial charge in [0, 0.05) is 32.2 Å². The first-order valence-electron chi connectivity index (χ1n) is 15.4. The van der Waals surface area contributed by atoms with Gasteiger partial charge in [-0.2, -0.15) is 0 Å². The lowest BCUT2D eigenvalue weighted by molar-refractivity contribution is -0.165. The number of halogens is 1. The second kappa shape index (κ2) is 15.6. The number of nitrogens with zero attached hydrogens (tertiary/aromatic N) is 2. The molecule has 0 radical (unpaired) electrons. The fourth-order valence-corrected chi connectivity index (χ4v) is 6.30. The quantitative estimate of drug-likeness (QED) is 0.286. The van der Waals surface area contributed by atoms with E-state index in [-0.39, 0.29) is 41.5 Å². The Labute approximate surface area is 266 Å². The van der Waals surface area contributed by atoms with Crippen molar-refractivity contribution in [2.45, 2.75) is 83.5 Å². The van der Waals surface area contributed by atoms with Gasteiger partial charge in [-0.3, -0.25) is 14.5 Å². The summed E-state index contributed by atoms with van der Waals surface area (Å²) in [6, 6.07) is 11.4. The van der Waals surface area contributed by atoms with Gasteiger partial charge in [0.25, 0.3) is 0 Å². The van der Waals surface area contributed by atoms with E-state index in [1.165, 1.54) is 13.2 Å². The highest BCUT2D eigenvalue weighted by Gasteiger charge is 2.55. The van der Waals surface area contributed by atoms with Crippen LogP contribution in [0.25, 0.3) is 0 Å². The number of hydrogen-bond acceptors (Lipinski definition) is 7. The van der Waals surface area contributed by atoms with E-state index in [9.17, 15) is 24.6 Å². The molecule has 2 atom stereocenters. The smallest absolute Gasteiger partial charge is 0.339 e. The average Bonchev–Trinajstić information content (AvgIpc) is 3.01. The maximum atomic E-state index is 13.7. The lowest BCUT2D eigenvalue weighted by Gasteiger charge is -2.52. The van der Waals surface area contributed by atoms with Crippen molar-refractivity contribution in [3.05, 3.63) is 53.6 Å². The van der Waals surface area contributed by atoms with Gasteiger partial charge in [0.05, 0.1) is 13.2 Å². The van der Waals surface area contributed by atoms with E-state index in [2.05, 4.69) is 17.1 Å². The number of carboxylic acids is 1. The molecule has 242 valence electrons. The van der Waals surface area contributed by atoms with Crippen LogP contribution in [0.15, 0.2) is 42.5 Å². The maximum absolute atomic E-state index is 13.7. The van der Waals surface area contributed by atoms with Gasteiger partial charge in [-0.15, -0.1) is 12.4 Å².